The number of amides is 1. The van der Waals surface area contributed by atoms with Crippen LogP contribution in [-0.4, -0.2) is 45.2 Å². The van der Waals surface area contributed by atoms with Crippen LogP contribution in [0.1, 0.15) is 37.7 Å². The number of carbonyl (C=O) groups is 1. The number of rotatable bonds is 7. The fraction of sp³-hybridized carbons (Fsp3) is 0.579. The molecule has 0 spiro atoms. The average Bonchev–Trinajstić information content (AvgIpc) is 2.65. The highest BCUT2D eigenvalue weighted by atomic mass is 16.5. The minimum Gasteiger partial charge on any atom is -0.496 e. The lowest BCUT2D eigenvalue weighted by Gasteiger charge is -2.23. The number of aliphatic imine (C=N–C) groups is 1. The summed E-state index contributed by atoms with van der Waals surface area (Å²) in [6.07, 6.45) is 6.72. The largest absolute Gasteiger partial charge is 0.496 e. The number of carbonyl (C=O) groups excluding carboxylic acids is 1. The van der Waals surface area contributed by atoms with Gasteiger partial charge in [0.05, 0.1) is 13.7 Å². The summed E-state index contributed by atoms with van der Waals surface area (Å²) >= 11 is 0. The smallest absolute Gasteiger partial charge is 0.239 e. The van der Waals surface area contributed by atoms with Gasteiger partial charge in [0.2, 0.25) is 5.91 Å². The molecule has 1 aromatic carbocycles. The molecule has 0 aromatic heterocycles. The van der Waals surface area contributed by atoms with Gasteiger partial charge in [-0.25, -0.2) is 0 Å². The third-order valence-electron chi connectivity index (χ3n) is 4.49. The highest BCUT2D eigenvalue weighted by molar-refractivity contribution is 5.86. The van der Waals surface area contributed by atoms with Gasteiger partial charge >= 0.3 is 0 Å². The molecule has 0 heterocycles. The van der Waals surface area contributed by atoms with Crippen molar-refractivity contribution in [2.45, 2.75) is 44.6 Å². The summed E-state index contributed by atoms with van der Waals surface area (Å²) in [6.45, 7) is 0.953. The molecule has 0 atom stereocenters. The van der Waals surface area contributed by atoms with Gasteiger partial charge in [-0.15, -0.1) is 0 Å². The first-order chi connectivity index (χ1) is 12.2. The third-order valence-corrected chi connectivity index (χ3v) is 4.49. The first kappa shape index (κ1) is 19.1. The molecule has 1 aromatic rings. The SMILES string of the molecule is CN=C(NCCc1ccccc1OC)NCC(=O)NC1CCCCC1. The maximum Gasteiger partial charge on any atom is 0.239 e. The van der Waals surface area contributed by atoms with Gasteiger partial charge in [0.25, 0.3) is 0 Å². The van der Waals surface area contributed by atoms with E-state index in [1.165, 1.54) is 19.3 Å². The lowest BCUT2D eigenvalue weighted by atomic mass is 9.95. The number of ether oxygens (including phenoxy) is 1. The van der Waals surface area contributed by atoms with Crippen LogP contribution in [0.25, 0.3) is 0 Å². The van der Waals surface area contributed by atoms with Gasteiger partial charge in [0.15, 0.2) is 5.96 Å². The predicted molar refractivity (Wildman–Crippen MR) is 101 cm³/mol. The molecule has 0 aliphatic heterocycles. The number of guanidine groups is 1. The summed E-state index contributed by atoms with van der Waals surface area (Å²) < 4.78 is 5.35. The first-order valence-corrected chi connectivity index (χ1v) is 9.08. The highest BCUT2D eigenvalue weighted by Crippen LogP contribution is 2.17. The third kappa shape index (κ3) is 6.64. The van der Waals surface area contributed by atoms with E-state index in [9.17, 15) is 4.79 Å². The molecule has 2 rings (SSSR count). The zero-order chi connectivity index (χ0) is 17.9. The van der Waals surface area contributed by atoms with Crippen molar-refractivity contribution in [2.24, 2.45) is 4.99 Å². The molecular weight excluding hydrogens is 316 g/mol. The standard InChI is InChI=1S/C19H30N4O2/c1-20-19(21-13-12-15-8-6-7-11-17(15)25-2)22-14-18(24)23-16-9-4-3-5-10-16/h6-8,11,16H,3-5,9-10,12-14H2,1-2H3,(H,23,24)(H2,20,21,22). The van der Waals surface area contributed by atoms with E-state index in [1.54, 1.807) is 14.2 Å². The summed E-state index contributed by atoms with van der Waals surface area (Å²) in [5.41, 5.74) is 1.14. The lowest BCUT2D eigenvalue weighted by Crippen LogP contribution is -2.46. The van der Waals surface area contributed by atoms with E-state index in [4.69, 9.17) is 4.74 Å². The Hall–Kier alpha value is -2.24. The first-order valence-electron chi connectivity index (χ1n) is 9.08. The Morgan fingerprint density at radius 3 is 2.68 bits per heavy atom. The maximum atomic E-state index is 12.0. The van der Waals surface area contributed by atoms with Crippen LogP contribution < -0.4 is 20.7 Å². The Morgan fingerprint density at radius 1 is 1.20 bits per heavy atom. The molecule has 0 bridgehead atoms. The molecule has 1 amide bonds. The van der Waals surface area contributed by atoms with E-state index >= 15 is 0 Å². The van der Waals surface area contributed by atoms with Crippen LogP contribution in [0.3, 0.4) is 0 Å². The van der Waals surface area contributed by atoms with Crippen LogP contribution in [0.2, 0.25) is 0 Å². The molecule has 0 unspecified atom stereocenters. The number of para-hydroxylation sites is 1. The summed E-state index contributed by atoms with van der Waals surface area (Å²) in [7, 11) is 3.38. The van der Waals surface area contributed by atoms with Crippen LogP contribution in [0.5, 0.6) is 5.75 Å². The number of methoxy groups -OCH3 is 1. The van der Waals surface area contributed by atoms with Crippen molar-refractivity contribution >= 4 is 11.9 Å². The van der Waals surface area contributed by atoms with E-state index < -0.39 is 0 Å². The molecule has 25 heavy (non-hydrogen) atoms. The molecule has 1 saturated carbocycles. The molecule has 1 fully saturated rings. The van der Waals surface area contributed by atoms with Crippen molar-refractivity contribution in [1.29, 1.82) is 0 Å². The second-order valence-corrected chi connectivity index (χ2v) is 6.32. The second kappa shape index (κ2) is 10.6. The second-order valence-electron chi connectivity index (χ2n) is 6.32. The summed E-state index contributed by atoms with van der Waals surface area (Å²) in [5, 5.41) is 9.40. The zero-order valence-corrected chi connectivity index (χ0v) is 15.3. The molecule has 0 radical (unpaired) electrons. The van der Waals surface area contributed by atoms with Gasteiger partial charge < -0.3 is 20.7 Å². The van der Waals surface area contributed by atoms with E-state index in [0.29, 0.717) is 18.5 Å². The molecule has 0 saturated heterocycles. The Labute approximate surface area is 150 Å². The molecule has 6 nitrogen and oxygen atoms in total. The molecule has 3 N–H and O–H groups in total. The topological polar surface area (TPSA) is 74.8 Å². The monoisotopic (exact) mass is 346 g/mol. The number of hydrogen-bond donors (Lipinski definition) is 3. The molecule has 6 heteroatoms. The Morgan fingerprint density at radius 2 is 1.96 bits per heavy atom. The van der Waals surface area contributed by atoms with Gasteiger partial charge in [-0.2, -0.15) is 0 Å². The van der Waals surface area contributed by atoms with Crippen LogP contribution >= 0.6 is 0 Å². The minimum absolute atomic E-state index is 0.0274. The Bertz CT molecular complexity index is 568. The summed E-state index contributed by atoms with van der Waals surface area (Å²) in [4.78, 5) is 16.2. The lowest BCUT2D eigenvalue weighted by molar-refractivity contribution is -0.120. The van der Waals surface area contributed by atoms with Gasteiger partial charge in [0, 0.05) is 19.6 Å². The van der Waals surface area contributed by atoms with E-state index in [1.807, 2.05) is 24.3 Å². The number of benzene rings is 1. The van der Waals surface area contributed by atoms with Gasteiger partial charge in [0.1, 0.15) is 5.75 Å². The van der Waals surface area contributed by atoms with Crippen LogP contribution in [0.4, 0.5) is 0 Å². The average molecular weight is 346 g/mol. The van der Waals surface area contributed by atoms with Crippen molar-refractivity contribution in [2.75, 3.05) is 27.2 Å². The van der Waals surface area contributed by atoms with Crippen molar-refractivity contribution < 1.29 is 9.53 Å². The van der Waals surface area contributed by atoms with E-state index in [-0.39, 0.29) is 12.5 Å². The number of nitrogens with zero attached hydrogens (tertiary/aromatic N) is 1. The zero-order valence-electron chi connectivity index (χ0n) is 15.3. The molecule has 1 aliphatic rings. The van der Waals surface area contributed by atoms with Crippen LogP contribution in [0.15, 0.2) is 29.3 Å². The van der Waals surface area contributed by atoms with Crippen molar-refractivity contribution in [3.63, 3.8) is 0 Å². The van der Waals surface area contributed by atoms with Gasteiger partial charge in [-0.1, -0.05) is 37.5 Å². The molecule has 1 aliphatic carbocycles. The van der Waals surface area contributed by atoms with Crippen molar-refractivity contribution in [3.05, 3.63) is 29.8 Å². The molecule has 138 valence electrons. The predicted octanol–water partition coefficient (Wildman–Crippen LogP) is 1.85. The van der Waals surface area contributed by atoms with Gasteiger partial charge in [-0.05, 0) is 30.9 Å². The highest BCUT2D eigenvalue weighted by Gasteiger charge is 2.15. The normalized spacial score (nSPS) is 15.5. The van der Waals surface area contributed by atoms with E-state index in [0.717, 1.165) is 30.6 Å². The van der Waals surface area contributed by atoms with Crippen molar-refractivity contribution in [3.8, 4) is 5.75 Å². The molecular formula is C19H30N4O2. The van der Waals surface area contributed by atoms with E-state index in [2.05, 4.69) is 20.9 Å². The fourth-order valence-electron chi connectivity index (χ4n) is 3.14. The summed E-state index contributed by atoms with van der Waals surface area (Å²) in [6, 6.07) is 8.30. The quantitative estimate of drug-likeness (QED) is 0.520. The maximum absolute atomic E-state index is 12.0. The fourth-order valence-corrected chi connectivity index (χ4v) is 3.14. The van der Waals surface area contributed by atoms with Gasteiger partial charge in [-0.3, -0.25) is 9.79 Å². The Balaban J connectivity index is 1.68. The van der Waals surface area contributed by atoms with Crippen molar-refractivity contribution in [1.82, 2.24) is 16.0 Å². The number of nitrogens with one attached hydrogen (secondary N) is 3. The van der Waals surface area contributed by atoms with Crippen LogP contribution in [0, 0.1) is 0 Å². The summed E-state index contributed by atoms with van der Waals surface area (Å²) in [5.74, 6) is 1.55. The number of hydrogen-bond acceptors (Lipinski definition) is 3. The minimum atomic E-state index is 0.0274. The van der Waals surface area contributed by atoms with Crippen LogP contribution in [-0.2, 0) is 11.2 Å². The Kier molecular flexibility index (Phi) is 8.09.